The molecule has 2 N–H and O–H groups in total. The minimum absolute atomic E-state index is 0.0617. The Morgan fingerprint density at radius 1 is 1.09 bits per heavy atom. The molecule has 0 radical (unpaired) electrons. The molecule has 1 aromatic carbocycles. The molecule has 3 heterocycles. The minimum atomic E-state index is -0.890. The molecule has 0 amide bonds. The molecular weight excluding hydrogens is 436 g/mol. The fourth-order valence-corrected chi connectivity index (χ4v) is 7.24. The number of fused-ring (bicyclic) bond motifs is 1. The third kappa shape index (κ3) is 4.42. The van der Waals surface area contributed by atoms with Gasteiger partial charge in [0.25, 0.3) is 0 Å². The molecule has 2 aliphatic heterocycles. The predicted molar refractivity (Wildman–Crippen MR) is 140 cm³/mol. The fraction of sp³-hybridized carbons (Fsp3) is 0.690. The molecule has 1 aromatic heterocycles. The Kier molecular flexibility index (Phi) is 6.30. The first-order valence-electron chi connectivity index (χ1n) is 13.5. The van der Waals surface area contributed by atoms with Gasteiger partial charge >= 0.3 is 0 Å². The van der Waals surface area contributed by atoms with Crippen LogP contribution in [-0.2, 0) is 12.0 Å². The van der Waals surface area contributed by atoms with Gasteiger partial charge in [0.1, 0.15) is 5.75 Å². The zero-order chi connectivity index (χ0) is 25.0. The molecule has 5 rings (SSSR count). The number of rotatable bonds is 6. The lowest BCUT2D eigenvalue weighted by Crippen LogP contribution is -2.69. The van der Waals surface area contributed by atoms with Gasteiger partial charge in [0.05, 0.1) is 18.3 Å². The van der Waals surface area contributed by atoms with E-state index in [1.165, 1.54) is 24.0 Å². The van der Waals surface area contributed by atoms with E-state index in [1.807, 2.05) is 23.0 Å². The third-order valence-electron chi connectivity index (χ3n) is 9.55. The summed E-state index contributed by atoms with van der Waals surface area (Å²) in [6.07, 6.45) is 9.18. The van der Waals surface area contributed by atoms with Crippen molar-refractivity contribution in [1.29, 1.82) is 0 Å². The van der Waals surface area contributed by atoms with Crippen molar-refractivity contribution in [1.82, 2.24) is 19.6 Å². The molecule has 1 aliphatic carbocycles. The van der Waals surface area contributed by atoms with E-state index in [9.17, 15) is 10.2 Å². The molecule has 0 bridgehead atoms. The predicted octanol–water partition coefficient (Wildman–Crippen LogP) is 4.25. The van der Waals surface area contributed by atoms with Crippen molar-refractivity contribution in [2.24, 2.45) is 5.92 Å². The molecule has 3 atom stereocenters. The lowest BCUT2D eigenvalue weighted by molar-refractivity contribution is -0.146. The van der Waals surface area contributed by atoms with Crippen LogP contribution in [0.3, 0.4) is 0 Å². The van der Waals surface area contributed by atoms with Crippen molar-refractivity contribution in [2.75, 3.05) is 26.2 Å². The van der Waals surface area contributed by atoms with Crippen molar-refractivity contribution in [3.63, 3.8) is 0 Å². The molecule has 0 spiro atoms. The Labute approximate surface area is 210 Å². The van der Waals surface area contributed by atoms with Crippen molar-refractivity contribution in [3.8, 4) is 5.75 Å². The largest absolute Gasteiger partial charge is 0.508 e. The highest BCUT2D eigenvalue weighted by atomic mass is 16.3. The highest BCUT2D eigenvalue weighted by molar-refractivity contribution is 5.44. The second-order valence-corrected chi connectivity index (χ2v) is 12.4. The normalized spacial score (nSPS) is 31.8. The van der Waals surface area contributed by atoms with E-state index in [4.69, 9.17) is 0 Å². The van der Waals surface area contributed by atoms with Crippen LogP contribution in [-0.4, -0.2) is 73.2 Å². The number of aliphatic hydroxyl groups is 1. The van der Waals surface area contributed by atoms with E-state index in [0.29, 0.717) is 12.2 Å². The van der Waals surface area contributed by atoms with Gasteiger partial charge in [-0.3, -0.25) is 14.5 Å². The molecule has 35 heavy (non-hydrogen) atoms. The van der Waals surface area contributed by atoms with Crippen molar-refractivity contribution < 1.29 is 10.2 Å². The average Bonchev–Trinajstić information content (AvgIpc) is 3.53. The standard InChI is InChI=1S/C29H44N4O2/c1-21-17-30-33(18-21)15-14-32-13-11-28(26-16-25(34)9-6-22(26)2)10-12-31(19-24-7-8-24)23(3)29(28,35)20-27(32,4)5/h6,9,16-18,23-24,34-35H,7-8,10-15,19-20H2,1-5H3. The van der Waals surface area contributed by atoms with E-state index in [-0.39, 0.29) is 17.0 Å². The summed E-state index contributed by atoms with van der Waals surface area (Å²) in [5.74, 6) is 1.09. The number of hydrogen-bond donors (Lipinski definition) is 2. The van der Waals surface area contributed by atoms with Gasteiger partial charge in [-0.1, -0.05) is 6.07 Å². The molecule has 3 aliphatic rings. The fourth-order valence-electron chi connectivity index (χ4n) is 7.24. The Balaban J connectivity index is 1.52. The smallest absolute Gasteiger partial charge is 0.115 e. The topological polar surface area (TPSA) is 64.8 Å². The summed E-state index contributed by atoms with van der Waals surface area (Å²) in [5, 5.41) is 27.9. The van der Waals surface area contributed by atoms with E-state index in [1.54, 1.807) is 6.07 Å². The molecule has 2 saturated heterocycles. The Bertz CT molecular complexity index is 1060. The molecule has 2 aromatic rings. The maximum absolute atomic E-state index is 12.9. The second-order valence-electron chi connectivity index (χ2n) is 12.4. The number of aromatic hydroxyl groups is 1. The van der Waals surface area contributed by atoms with Crippen LogP contribution in [0.15, 0.2) is 30.6 Å². The number of piperidine rings is 1. The third-order valence-corrected chi connectivity index (χ3v) is 9.55. The van der Waals surface area contributed by atoms with Crippen LogP contribution in [0.25, 0.3) is 0 Å². The van der Waals surface area contributed by atoms with Gasteiger partial charge < -0.3 is 10.2 Å². The van der Waals surface area contributed by atoms with Gasteiger partial charge in [-0.2, -0.15) is 5.10 Å². The first kappa shape index (κ1) is 24.8. The summed E-state index contributed by atoms with van der Waals surface area (Å²) >= 11 is 0. The van der Waals surface area contributed by atoms with Crippen molar-refractivity contribution in [2.45, 2.75) is 95.9 Å². The van der Waals surface area contributed by atoms with Gasteiger partial charge in [0.15, 0.2) is 0 Å². The Morgan fingerprint density at radius 3 is 2.51 bits per heavy atom. The molecule has 3 unspecified atom stereocenters. The zero-order valence-electron chi connectivity index (χ0n) is 22.3. The maximum Gasteiger partial charge on any atom is 0.115 e. The van der Waals surface area contributed by atoms with Crippen molar-refractivity contribution >= 4 is 0 Å². The van der Waals surface area contributed by atoms with E-state index in [2.05, 4.69) is 55.7 Å². The zero-order valence-corrected chi connectivity index (χ0v) is 22.3. The van der Waals surface area contributed by atoms with Crippen LogP contribution in [0, 0.1) is 19.8 Å². The summed E-state index contributed by atoms with van der Waals surface area (Å²) < 4.78 is 2.03. The molecule has 192 valence electrons. The number of nitrogens with zero attached hydrogens (tertiary/aromatic N) is 4. The highest BCUT2D eigenvalue weighted by Crippen LogP contribution is 2.55. The quantitative estimate of drug-likeness (QED) is 0.647. The number of aryl methyl sites for hydroxylation is 2. The van der Waals surface area contributed by atoms with E-state index < -0.39 is 5.60 Å². The number of hydrogen-bond acceptors (Lipinski definition) is 5. The van der Waals surface area contributed by atoms with E-state index >= 15 is 0 Å². The SMILES string of the molecule is Cc1cnn(CCN2CCC3(c4cc(O)ccc4C)CCN(CC4CC4)C(C)C3(O)CC2(C)C)c1. The van der Waals surface area contributed by atoms with Crippen LogP contribution in [0.5, 0.6) is 5.75 Å². The van der Waals surface area contributed by atoms with Crippen LogP contribution in [0.4, 0.5) is 0 Å². The van der Waals surface area contributed by atoms with Gasteiger partial charge in [-0.25, -0.2) is 0 Å². The number of benzene rings is 1. The summed E-state index contributed by atoms with van der Waals surface area (Å²) in [6.45, 7) is 15.8. The number of phenols is 1. The van der Waals surface area contributed by atoms with Crippen LogP contribution < -0.4 is 0 Å². The van der Waals surface area contributed by atoms with Crippen LogP contribution >= 0.6 is 0 Å². The summed E-state index contributed by atoms with van der Waals surface area (Å²) in [7, 11) is 0. The number of aromatic nitrogens is 2. The molecule has 6 nitrogen and oxygen atoms in total. The second kappa shape index (κ2) is 8.89. The van der Waals surface area contributed by atoms with E-state index in [0.717, 1.165) is 57.0 Å². The van der Waals surface area contributed by atoms with Crippen molar-refractivity contribution in [3.05, 3.63) is 47.3 Å². The Hall–Kier alpha value is -1.89. The van der Waals surface area contributed by atoms with Crippen LogP contribution in [0.2, 0.25) is 0 Å². The van der Waals surface area contributed by atoms with Crippen LogP contribution in [0.1, 0.15) is 69.6 Å². The summed E-state index contributed by atoms with van der Waals surface area (Å²) in [4.78, 5) is 5.13. The van der Waals surface area contributed by atoms with Gasteiger partial charge in [0.2, 0.25) is 0 Å². The van der Waals surface area contributed by atoms with Gasteiger partial charge in [-0.05, 0) is 115 Å². The first-order chi connectivity index (χ1) is 16.5. The number of likely N-dealkylation sites (tertiary alicyclic amines) is 2. The van der Waals surface area contributed by atoms with Gasteiger partial charge in [0, 0.05) is 36.3 Å². The maximum atomic E-state index is 12.9. The first-order valence-corrected chi connectivity index (χ1v) is 13.5. The molecule has 1 saturated carbocycles. The highest BCUT2D eigenvalue weighted by Gasteiger charge is 2.62. The lowest BCUT2D eigenvalue weighted by Gasteiger charge is -2.59. The number of phenolic OH excluding ortho intramolecular Hbond substituents is 1. The average molecular weight is 481 g/mol. The van der Waals surface area contributed by atoms with Gasteiger partial charge in [-0.15, -0.1) is 0 Å². The lowest BCUT2D eigenvalue weighted by atomic mass is 9.55. The summed E-state index contributed by atoms with van der Waals surface area (Å²) in [5.41, 5.74) is 2.05. The Morgan fingerprint density at radius 2 is 1.83 bits per heavy atom. The minimum Gasteiger partial charge on any atom is -0.508 e. The monoisotopic (exact) mass is 480 g/mol. The molecular formula is C29H44N4O2. The summed E-state index contributed by atoms with van der Waals surface area (Å²) in [6, 6.07) is 5.80. The molecule has 6 heteroatoms. The molecule has 3 fully saturated rings.